The predicted octanol–water partition coefficient (Wildman–Crippen LogP) is 4.42. The second kappa shape index (κ2) is 7.39. The second-order valence-electron chi connectivity index (χ2n) is 6.01. The Balaban J connectivity index is 2.04. The molecule has 1 unspecified atom stereocenters. The van der Waals surface area contributed by atoms with Crippen LogP contribution in [-0.2, 0) is 4.74 Å². The number of hydrogen-bond acceptors (Lipinski definition) is 5. The van der Waals surface area contributed by atoms with E-state index in [1.807, 2.05) is 30.3 Å². The Kier molecular flexibility index (Phi) is 4.78. The minimum Gasteiger partial charge on any atom is -0.438 e. The van der Waals surface area contributed by atoms with Gasteiger partial charge in [-0.15, -0.1) is 0 Å². The van der Waals surface area contributed by atoms with E-state index < -0.39 is 5.92 Å². The lowest BCUT2D eigenvalue weighted by molar-refractivity contribution is 0.360. The van der Waals surface area contributed by atoms with Gasteiger partial charge >= 0.3 is 0 Å². The third-order valence-electron chi connectivity index (χ3n) is 4.37. The van der Waals surface area contributed by atoms with Gasteiger partial charge in [-0.1, -0.05) is 59.6 Å². The summed E-state index contributed by atoms with van der Waals surface area (Å²) in [5.74, 6) is -0.125. The van der Waals surface area contributed by atoms with Gasteiger partial charge in [-0.25, -0.2) is 9.67 Å². The molecule has 3 aromatic rings. The molecule has 1 aliphatic rings. The highest BCUT2D eigenvalue weighted by atomic mass is 35.5. The van der Waals surface area contributed by atoms with E-state index in [9.17, 15) is 5.26 Å². The van der Waals surface area contributed by atoms with Gasteiger partial charge in [-0.3, -0.25) is 0 Å². The summed E-state index contributed by atoms with van der Waals surface area (Å²) < 4.78 is 7.44. The molecule has 0 aliphatic carbocycles. The monoisotopic (exact) mass is 409 g/mol. The third-order valence-corrected chi connectivity index (χ3v) is 4.93. The summed E-state index contributed by atoms with van der Waals surface area (Å²) >= 11 is 12.6. The van der Waals surface area contributed by atoms with Gasteiger partial charge in [0.25, 0.3) is 0 Å². The first-order valence-electron chi connectivity index (χ1n) is 8.27. The number of halogens is 2. The quantitative estimate of drug-likeness (QED) is 0.691. The average Bonchev–Trinajstić information content (AvgIpc) is 3.22. The van der Waals surface area contributed by atoms with E-state index in [4.69, 9.17) is 33.7 Å². The van der Waals surface area contributed by atoms with Gasteiger partial charge in [0.05, 0.1) is 11.6 Å². The van der Waals surface area contributed by atoms with E-state index >= 15 is 0 Å². The van der Waals surface area contributed by atoms with Crippen LogP contribution < -0.4 is 5.73 Å². The molecule has 0 fully saturated rings. The van der Waals surface area contributed by atoms with E-state index in [2.05, 4.69) is 16.2 Å². The molecule has 8 heteroatoms. The van der Waals surface area contributed by atoms with Crippen molar-refractivity contribution in [3.63, 3.8) is 0 Å². The van der Waals surface area contributed by atoms with Crippen LogP contribution >= 0.6 is 23.2 Å². The number of nitrogens with zero attached hydrogens (tertiary/aromatic N) is 4. The molecule has 28 heavy (non-hydrogen) atoms. The van der Waals surface area contributed by atoms with Crippen molar-refractivity contribution in [3.8, 4) is 6.07 Å². The van der Waals surface area contributed by atoms with Gasteiger partial charge in [0.15, 0.2) is 5.76 Å². The Hall–Kier alpha value is -3.27. The SMILES string of the molecule is N#CC1=C(N)OC(c2ccccc2)=C(n2cncn2)C1c1ccc(Cl)cc1Cl. The number of benzene rings is 2. The number of rotatable bonds is 3. The van der Waals surface area contributed by atoms with Gasteiger partial charge in [0, 0.05) is 15.6 Å². The summed E-state index contributed by atoms with van der Waals surface area (Å²) in [7, 11) is 0. The first-order valence-corrected chi connectivity index (χ1v) is 9.03. The molecule has 0 saturated carbocycles. The maximum atomic E-state index is 9.81. The first-order chi connectivity index (χ1) is 13.6. The molecule has 0 bridgehead atoms. The molecule has 0 saturated heterocycles. The molecule has 4 rings (SSSR count). The van der Waals surface area contributed by atoms with E-state index in [-0.39, 0.29) is 11.5 Å². The highest BCUT2D eigenvalue weighted by molar-refractivity contribution is 6.35. The topological polar surface area (TPSA) is 89.8 Å². The molecular weight excluding hydrogens is 397 g/mol. The summed E-state index contributed by atoms with van der Waals surface area (Å²) in [5.41, 5.74) is 8.38. The number of ether oxygens (including phenoxy) is 1. The number of nitriles is 1. The maximum absolute atomic E-state index is 9.81. The molecule has 1 atom stereocenters. The van der Waals surface area contributed by atoms with Crippen LogP contribution in [0, 0.1) is 11.3 Å². The predicted molar refractivity (Wildman–Crippen MR) is 107 cm³/mol. The van der Waals surface area contributed by atoms with Crippen LogP contribution in [0.4, 0.5) is 0 Å². The Morgan fingerprint density at radius 1 is 1.14 bits per heavy atom. The zero-order valence-corrected chi connectivity index (χ0v) is 15.9. The fourth-order valence-corrected chi connectivity index (χ4v) is 3.67. The largest absolute Gasteiger partial charge is 0.438 e. The van der Waals surface area contributed by atoms with E-state index in [0.717, 1.165) is 5.56 Å². The second-order valence-corrected chi connectivity index (χ2v) is 6.85. The lowest BCUT2D eigenvalue weighted by Gasteiger charge is -2.29. The highest BCUT2D eigenvalue weighted by Gasteiger charge is 2.36. The molecule has 2 N–H and O–H groups in total. The highest BCUT2D eigenvalue weighted by Crippen LogP contribution is 2.46. The van der Waals surface area contributed by atoms with E-state index in [1.165, 1.54) is 12.7 Å². The number of allylic oxidation sites excluding steroid dienone is 2. The summed E-state index contributed by atoms with van der Waals surface area (Å²) in [5, 5.41) is 15.0. The molecule has 2 heterocycles. The molecule has 1 aliphatic heterocycles. The Labute approximate surface area is 171 Å². The number of aromatic nitrogens is 3. The minimum absolute atomic E-state index is 0.0150. The number of hydrogen-bond donors (Lipinski definition) is 1. The van der Waals surface area contributed by atoms with Crippen LogP contribution in [0.3, 0.4) is 0 Å². The minimum atomic E-state index is -0.611. The summed E-state index contributed by atoms with van der Waals surface area (Å²) in [6, 6.07) is 16.7. The third kappa shape index (κ3) is 3.11. The zero-order valence-electron chi connectivity index (χ0n) is 14.4. The first kappa shape index (κ1) is 18.1. The fourth-order valence-electron chi connectivity index (χ4n) is 3.15. The molecular formula is C20H13Cl2N5O. The summed E-state index contributed by atoms with van der Waals surface area (Å²) in [6.07, 6.45) is 2.94. The number of nitrogens with two attached hydrogens (primary N) is 1. The normalized spacial score (nSPS) is 16.7. The van der Waals surface area contributed by atoms with Crippen LogP contribution in [0.5, 0.6) is 0 Å². The van der Waals surface area contributed by atoms with Gasteiger partial charge < -0.3 is 10.5 Å². The van der Waals surface area contributed by atoms with Crippen molar-refractivity contribution in [1.82, 2.24) is 14.8 Å². The summed E-state index contributed by atoms with van der Waals surface area (Å²) in [4.78, 5) is 4.04. The molecule has 0 amide bonds. The van der Waals surface area contributed by atoms with Gasteiger partial charge in [0.2, 0.25) is 5.88 Å². The van der Waals surface area contributed by atoms with Crippen LogP contribution in [0.15, 0.2) is 72.6 Å². The van der Waals surface area contributed by atoms with Crippen molar-refractivity contribution in [2.75, 3.05) is 0 Å². The van der Waals surface area contributed by atoms with Crippen LogP contribution in [0.25, 0.3) is 11.5 Å². The molecule has 1 aromatic heterocycles. The van der Waals surface area contributed by atoms with Crippen LogP contribution in [0.2, 0.25) is 10.0 Å². The van der Waals surface area contributed by atoms with Crippen molar-refractivity contribution in [2.45, 2.75) is 5.92 Å². The zero-order chi connectivity index (χ0) is 19.7. The van der Waals surface area contributed by atoms with E-state index in [0.29, 0.717) is 27.1 Å². The van der Waals surface area contributed by atoms with Crippen molar-refractivity contribution in [1.29, 1.82) is 5.26 Å². The molecule has 6 nitrogen and oxygen atoms in total. The lowest BCUT2D eigenvalue weighted by Crippen LogP contribution is -2.23. The molecule has 2 aromatic carbocycles. The maximum Gasteiger partial charge on any atom is 0.205 e. The molecule has 138 valence electrons. The van der Waals surface area contributed by atoms with Gasteiger partial charge in [-0.05, 0) is 17.7 Å². The Morgan fingerprint density at radius 3 is 2.57 bits per heavy atom. The Morgan fingerprint density at radius 2 is 1.93 bits per heavy atom. The van der Waals surface area contributed by atoms with E-state index in [1.54, 1.807) is 22.9 Å². The summed E-state index contributed by atoms with van der Waals surface area (Å²) in [6.45, 7) is 0. The lowest BCUT2D eigenvalue weighted by atomic mass is 9.85. The smallest absolute Gasteiger partial charge is 0.205 e. The Bertz CT molecular complexity index is 1130. The fraction of sp³-hybridized carbons (Fsp3) is 0.0500. The van der Waals surface area contributed by atoms with Crippen molar-refractivity contribution < 1.29 is 4.74 Å². The van der Waals surface area contributed by atoms with Gasteiger partial charge in [0.1, 0.15) is 24.3 Å². The van der Waals surface area contributed by atoms with Crippen molar-refractivity contribution in [3.05, 3.63) is 93.8 Å². The average molecular weight is 410 g/mol. The van der Waals surface area contributed by atoms with Crippen molar-refractivity contribution >= 4 is 34.7 Å². The molecule has 0 spiro atoms. The van der Waals surface area contributed by atoms with Crippen LogP contribution in [-0.4, -0.2) is 14.8 Å². The van der Waals surface area contributed by atoms with Crippen molar-refractivity contribution in [2.24, 2.45) is 5.73 Å². The van der Waals surface area contributed by atoms with Crippen LogP contribution in [0.1, 0.15) is 17.0 Å². The van der Waals surface area contributed by atoms with Gasteiger partial charge in [-0.2, -0.15) is 10.4 Å². The standard InChI is InChI=1S/C20H13Cl2N5O/c21-13-6-7-14(16(22)8-13)17-15(9-23)20(24)28-19(12-4-2-1-3-5-12)18(17)27-11-25-10-26-27/h1-8,10-11,17H,24H2. The molecule has 0 radical (unpaired) electrons.